The van der Waals surface area contributed by atoms with Crippen molar-refractivity contribution in [2.75, 3.05) is 6.54 Å². The van der Waals surface area contributed by atoms with E-state index in [0.717, 1.165) is 10.0 Å². The van der Waals surface area contributed by atoms with Crippen LogP contribution >= 0.6 is 15.9 Å². The number of rotatable bonds is 5. The Labute approximate surface area is 124 Å². The minimum Gasteiger partial charge on any atom is -0.346 e. The third-order valence-corrected chi connectivity index (χ3v) is 3.26. The van der Waals surface area contributed by atoms with Crippen LogP contribution in [-0.4, -0.2) is 24.7 Å². The molecule has 0 aliphatic rings. The van der Waals surface area contributed by atoms with Gasteiger partial charge in [-0.1, -0.05) is 28.1 Å². The lowest BCUT2D eigenvalue weighted by molar-refractivity contribution is -0.139. The van der Waals surface area contributed by atoms with Crippen LogP contribution in [0.3, 0.4) is 0 Å². The molecule has 0 aliphatic carbocycles. The summed E-state index contributed by atoms with van der Waals surface area (Å²) in [4.78, 5) is 11.5. The number of alkyl halides is 3. The van der Waals surface area contributed by atoms with Crippen molar-refractivity contribution in [3.8, 4) is 0 Å². The molecule has 0 radical (unpaired) electrons. The predicted octanol–water partition coefficient (Wildman–Crippen LogP) is 3.17. The van der Waals surface area contributed by atoms with Gasteiger partial charge in [0.2, 0.25) is 5.91 Å². The molecule has 3 nitrogen and oxygen atoms in total. The maximum absolute atomic E-state index is 12.0. The first-order valence-corrected chi connectivity index (χ1v) is 6.84. The van der Waals surface area contributed by atoms with E-state index in [9.17, 15) is 18.0 Å². The highest BCUT2D eigenvalue weighted by molar-refractivity contribution is 9.10. The molecule has 2 N–H and O–H groups in total. The fourth-order valence-corrected chi connectivity index (χ4v) is 1.90. The molecule has 0 aliphatic heterocycles. The zero-order chi connectivity index (χ0) is 15.3. The average molecular weight is 353 g/mol. The molecular formula is C13H16BrF3N2O. The number of carbonyl (C=O) groups excluding carboxylic acids is 1. The molecule has 0 fully saturated rings. The summed E-state index contributed by atoms with van der Waals surface area (Å²) >= 11 is 3.32. The maximum atomic E-state index is 12.0. The Morgan fingerprint density at radius 3 is 2.30 bits per heavy atom. The second-order valence-electron chi connectivity index (χ2n) is 4.49. The highest BCUT2D eigenvalue weighted by atomic mass is 79.9. The minimum atomic E-state index is -4.40. The number of hydrogen-bond acceptors (Lipinski definition) is 2. The molecule has 0 heterocycles. The van der Waals surface area contributed by atoms with Crippen LogP contribution in [0.25, 0.3) is 0 Å². The zero-order valence-corrected chi connectivity index (χ0v) is 12.7. The van der Waals surface area contributed by atoms with Gasteiger partial charge in [0.1, 0.15) is 6.54 Å². The van der Waals surface area contributed by atoms with Crippen LogP contribution in [0.5, 0.6) is 0 Å². The lowest BCUT2D eigenvalue weighted by Crippen LogP contribution is -2.45. The van der Waals surface area contributed by atoms with Crippen molar-refractivity contribution in [2.45, 2.75) is 32.1 Å². The van der Waals surface area contributed by atoms with Gasteiger partial charge in [0.05, 0.1) is 6.04 Å². The fraction of sp³-hybridized carbons (Fsp3) is 0.462. The third kappa shape index (κ3) is 5.92. The Bertz CT molecular complexity index is 448. The summed E-state index contributed by atoms with van der Waals surface area (Å²) in [6.45, 7) is 2.06. The van der Waals surface area contributed by atoms with Gasteiger partial charge >= 0.3 is 6.18 Å². The number of benzene rings is 1. The van der Waals surface area contributed by atoms with Crippen molar-refractivity contribution in [2.24, 2.45) is 0 Å². The van der Waals surface area contributed by atoms with Crippen LogP contribution in [0.4, 0.5) is 13.2 Å². The standard InChI is InChI=1S/C13H16BrF3N2O/c1-8(10-3-5-11(14)6-4-10)19-9(2)12(20)18-7-13(15,16)17/h3-6,8-9,19H,7H2,1-2H3,(H,18,20). The molecular weight excluding hydrogens is 337 g/mol. The van der Waals surface area contributed by atoms with E-state index in [0.29, 0.717) is 0 Å². The Hall–Kier alpha value is -1.08. The second kappa shape index (κ2) is 7.08. The molecule has 2 atom stereocenters. The predicted molar refractivity (Wildman–Crippen MR) is 74.2 cm³/mol. The number of nitrogens with one attached hydrogen (secondary N) is 2. The van der Waals surface area contributed by atoms with Gasteiger partial charge in [-0.05, 0) is 31.5 Å². The molecule has 1 aromatic carbocycles. The molecule has 1 rings (SSSR count). The lowest BCUT2D eigenvalue weighted by Gasteiger charge is -2.20. The third-order valence-electron chi connectivity index (χ3n) is 2.73. The van der Waals surface area contributed by atoms with Gasteiger partial charge in [-0.25, -0.2) is 0 Å². The number of amides is 1. The molecule has 2 unspecified atom stereocenters. The van der Waals surface area contributed by atoms with E-state index in [2.05, 4.69) is 21.2 Å². The largest absolute Gasteiger partial charge is 0.405 e. The monoisotopic (exact) mass is 352 g/mol. The molecule has 0 bridgehead atoms. The van der Waals surface area contributed by atoms with Crippen molar-refractivity contribution >= 4 is 21.8 Å². The summed E-state index contributed by atoms with van der Waals surface area (Å²) in [5.41, 5.74) is 0.948. The van der Waals surface area contributed by atoms with Crippen LogP contribution in [0, 0.1) is 0 Å². The second-order valence-corrected chi connectivity index (χ2v) is 5.41. The summed E-state index contributed by atoms with van der Waals surface area (Å²) in [5.74, 6) is -0.675. The van der Waals surface area contributed by atoms with Crippen molar-refractivity contribution < 1.29 is 18.0 Å². The molecule has 0 aromatic heterocycles. The molecule has 0 spiro atoms. The summed E-state index contributed by atoms with van der Waals surface area (Å²) in [5, 5.41) is 4.81. The van der Waals surface area contributed by atoms with Gasteiger partial charge in [0.25, 0.3) is 0 Å². The molecule has 0 saturated carbocycles. The van der Waals surface area contributed by atoms with Crippen molar-refractivity contribution in [3.05, 3.63) is 34.3 Å². The molecule has 1 amide bonds. The van der Waals surface area contributed by atoms with E-state index in [1.807, 2.05) is 36.5 Å². The van der Waals surface area contributed by atoms with Crippen LogP contribution < -0.4 is 10.6 Å². The first-order valence-electron chi connectivity index (χ1n) is 6.05. The van der Waals surface area contributed by atoms with Crippen molar-refractivity contribution in [1.82, 2.24) is 10.6 Å². The number of halogens is 4. The summed E-state index contributed by atoms with van der Waals surface area (Å²) in [6.07, 6.45) is -4.40. The molecule has 112 valence electrons. The highest BCUT2D eigenvalue weighted by Crippen LogP contribution is 2.17. The quantitative estimate of drug-likeness (QED) is 0.854. The van der Waals surface area contributed by atoms with Crippen molar-refractivity contribution in [1.29, 1.82) is 0 Å². The maximum Gasteiger partial charge on any atom is 0.405 e. The number of carbonyl (C=O) groups is 1. The first kappa shape index (κ1) is 17.0. The smallest absolute Gasteiger partial charge is 0.346 e. The Morgan fingerprint density at radius 1 is 1.25 bits per heavy atom. The first-order chi connectivity index (χ1) is 9.19. The van der Waals surface area contributed by atoms with Gasteiger partial charge < -0.3 is 5.32 Å². The van der Waals surface area contributed by atoms with E-state index >= 15 is 0 Å². The Morgan fingerprint density at radius 2 is 1.80 bits per heavy atom. The van der Waals surface area contributed by atoms with Gasteiger partial charge in [0.15, 0.2) is 0 Å². The van der Waals surface area contributed by atoms with Gasteiger partial charge in [0, 0.05) is 10.5 Å². The lowest BCUT2D eigenvalue weighted by atomic mass is 10.1. The Balaban J connectivity index is 2.50. The average Bonchev–Trinajstić information content (AvgIpc) is 2.35. The van der Waals surface area contributed by atoms with E-state index in [-0.39, 0.29) is 6.04 Å². The van der Waals surface area contributed by atoms with Crippen LogP contribution in [0.2, 0.25) is 0 Å². The number of hydrogen-bond donors (Lipinski definition) is 2. The SMILES string of the molecule is CC(NC(C)c1ccc(Br)cc1)C(=O)NCC(F)(F)F. The summed E-state index contributed by atoms with van der Waals surface area (Å²) < 4.78 is 36.9. The van der Waals surface area contributed by atoms with Crippen LogP contribution in [0.15, 0.2) is 28.7 Å². The van der Waals surface area contributed by atoms with Crippen LogP contribution in [0.1, 0.15) is 25.5 Å². The van der Waals surface area contributed by atoms with E-state index in [4.69, 9.17) is 0 Å². The van der Waals surface area contributed by atoms with Crippen molar-refractivity contribution in [3.63, 3.8) is 0 Å². The molecule has 7 heteroatoms. The zero-order valence-electron chi connectivity index (χ0n) is 11.1. The van der Waals surface area contributed by atoms with Gasteiger partial charge in [-0.3, -0.25) is 10.1 Å². The topological polar surface area (TPSA) is 41.1 Å². The fourth-order valence-electron chi connectivity index (χ4n) is 1.64. The van der Waals surface area contributed by atoms with Gasteiger partial charge in [-0.15, -0.1) is 0 Å². The van der Waals surface area contributed by atoms with E-state index in [1.54, 1.807) is 0 Å². The molecule has 0 saturated heterocycles. The summed E-state index contributed by atoms with van der Waals surface area (Å²) in [7, 11) is 0. The van der Waals surface area contributed by atoms with Gasteiger partial charge in [-0.2, -0.15) is 13.2 Å². The molecule has 20 heavy (non-hydrogen) atoms. The Kier molecular flexibility index (Phi) is 6.01. The molecule has 1 aromatic rings. The van der Waals surface area contributed by atoms with Crippen LogP contribution in [-0.2, 0) is 4.79 Å². The highest BCUT2D eigenvalue weighted by Gasteiger charge is 2.28. The van der Waals surface area contributed by atoms with E-state index < -0.39 is 24.7 Å². The minimum absolute atomic E-state index is 0.144. The summed E-state index contributed by atoms with van der Waals surface area (Å²) in [6, 6.07) is 6.62. The van der Waals surface area contributed by atoms with E-state index in [1.165, 1.54) is 6.92 Å². The normalized spacial score (nSPS) is 14.7.